The molecule has 104 valence electrons. The molecule has 0 spiro atoms. The Bertz CT molecular complexity index is 409. The summed E-state index contributed by atoms with van der Waals surface area (Å²) in [5.41, 5.74) is 0.848. The van der Waals surface area contributed by atoms with E-state index in [1.165, 1.54) is 32.1 Å². The third kappa shape index (κ3) is 7.74. The topological polar surface area (TPSA) is 22.1 Å². The summed E-state index contributed by atoms with van der Waals surface area (Å²) in [5, 5.41) is 0. The van der Waals surface area contributed by atoms with Crippen molar-refractivity contribution in [3.8, 4) is 17.6 Å². The lowest BCUT2D eigenvalue weighted by Crippen LogP contribution is -1.98. The summed E-state index contributed by atoms with van der Waals surface area (Å²) < 4.78 is 5.67. The highest BCUT2D eigenvalue weighted by Crippen LogP contribution is 2.12. The minimum absolute atomic E-state index is 0.336. The van der Waals surface area contributed by atoms with Gasteiger partial charge in [-0.15, -0.1) is 11.6 Å². The average molecular weight is 280 g/mol. The van der Waals surface area contributed by atoms with E-state index in [1.807, 2.05) is 6.07 Å². The third-order valence-electron chi connectivity index (χ3n) is 2.78. The fourth-order valence-electron chi connectivity index (χ4n) is 1.77. The van der Waals surface area contributed by atoms with E-state index in [0.29, 0.717) is 5.88 Å². The normalized spacial score (nSPS) is 9.79. The van der Waals surface area contributed by atoms with Gasteiger partial charge in [0.2, 0.25) is 0 Å². The summed E-state index contributed by atoms with van der Waals surface area (Å²) in [6, 6.07) is 1.91. The van der Waals surface area contributed by atoms with Crippen molar-refractivity contribution in [1.82, 2.24) is 4.98 Å². The molecule has 0 fully saturated rings. The number of rotatable bonds is 8. The van der Waals surface area contributed by atoms with Gasteiger partial charge >= 0.3 is 0 Å². The van der Waals surface area contributed by atoms with E-state index >= 15 is 0 Å². The van der Waals surface area contributed by atoms with Crippen molar-refractivity contribution >= 4 is 11.6 Å². The molecule has 1 aromatic heterocycles. The molecule has 0 aliphatic heterocycles. The Labute approximate surface area is 121 Å². The first kappa shape index (κ1) is 15.9. The summed E-state index contributed by atoms with van der Waals surface area (Å²) in [7, 11) is 0. The lowest BCUT2D eigenvalue weighted by molar-refractivity contribution is 0.303. The van der Waals surface area contributed by atoms with Crippen LogP contribution >= 0.6 is 11.6 Å². The zero-order valence-electron chi connectivity index (χ0n) is 11.6. The van der Waals surface area contributed by atoms with Gasteiger partial charge in [0.05, 0.1) is 18.7 Å². The number of pyridine rings is 1. The maximum Gasteiger partial charge on any atom is 0.138 e. The number of hydrogen-bond acceptors (Lipinski definition) is 2. The number of nitrogens with zero attached hydrogens (tertiary/aromatic N) is 1. The number of aromatic nitrogens is 1. The Morgan fingerprint density at radius 3 is 2.74 bits per heavy atom. The molecule has 2 nitrogen and oxygen atoms in total. The average Bonchev–Trinajstić information content (AvgIpc) is 2.44. The lowest BCUT2D eigenvalue weighted by Gasteiger charge is -2.05. The van der Waals surface area contributed by atoms with E-state index in [1.54, 1.807) is 12.4 Å². The molecule has 1 heterocycles. The maximum atomic E-state index is 5.67. The minimum atomic E-state index is 0.336. The van der Waals surface area contributed by atoms with Crippen molar-refractivity contribution in [2.24, 2.45) is 0 Å². The molecule has 0 saturated heterocycles. The molecule has 0 N–H and O–H groups in total. The van der Waals surface area contributed by atoms with Crippen LogP contribution < -0.4 is 4.74 Å². The van der Waals surface area contributed by atoms with Gasteiger partial charge in [-0.25, -0.2) is 0 Å². The molecule has 0 aromatic carbocycles. The van der Waals surface area contributed by atoms with E-state index in [2.05, 4.69) is 23.7 Å². The number of ether oxygens (including phenoxy) is 1. The predicted octanol–water partition coefficient (Wildman–Crippen LogP) is 4.41. The highest BCUT2D eigenvalue weighted by molar-refractivity contribution is 6.19. The Hall–Kier alpha value is -1.20. The van der Waals surface area contributed by atoms with Gasteiger partial charge in [0.25, 0.3) is 0 Å². The van der Waals surface area contributed by atoms with Crippen LogP contribution in [-0.2, 0) is 0 Å². The fourth-order valence-corrected chi connectivity index (χ4v) is 1.84. The lowest BCUT2D eigenvalue weighted by atomic mass is 10.1. The molecule has 19 heavy (non-hydrogen) atoms. The number of alkyl halides is 1. The number of halogens is 1. The van der Waals surface area contributed by atoms with Gasteiger partial charge in [-0.05, 0) is 12.5 Å². The van der Waals surface area contributed by atoms with Crippen LogP contribution in [0.15, 0.2) is 18.5 Å². The van der Waals surface area contributed by atoms with Crippen LogP contribution in [0, 0.1) is 11.8 Å². The van der Waals surface area contributed by atoms with Gasteiger partial charge in [0.15, 0.2) is 0 Å². The Morgan fingerprint density at radius 1 is 1.16 bits per heavy atom. The molecular formula is C16H22ClNO. The minimum Gasteiger partial charge on any atom is -0.492 e. The first-order valence-corrected chi connectivity index (χ1v) is 7.53. The van der Waals surface area contributed by atoms with Crippen molar-refractivity contribution in [3.05, 3.63) is 24.0 Å². The molecular weight excluding hydrogens is 258 g/mol. The summed E-state index contributed by atoms with van der Waals surface area (Å²) in [6.07, 6.45) is 11.0. The summed E-state index contributed by atoms with van der Waals surface area (Å²) in [6.45, 7) is 2.98. The summed E-state index contributed by atoms with van der Waals surface area (Å²) in [4.78, 5) is 4.11. The van der Waals surface area contributed by atoms with E-state index < -0.39 is 0 Å². The smallest absolute Gasteiger partial charge is 0.138 e. The van der Waals surface area contributed by atoms with E-state index in [0.717, 1.165) is 24.3 Å². The second kappa shape index (κ2) is 10.7. The van der Waals surface area contributed by atoms with Gasteiger partial charge in [-0.3, -0.25) is 4.98 Å². The molecule has 0 unspecified atom stereocenters. The van der Waals surface area contributed by atoms with Gasteiger partial charge in [-0.2, -0.15) is 0 Å². The molecule has 0 amide bonds. The molecule has 0 aliphatic carbocycles. The molecule has 1 rings (SSSR count). The maximum absolute atomic E-state index is 5.67. The quantitative estimate of drug-likeness (QED) is 0.399. The van der Waals surface area contributed by atoms with Crippen LogP contribution in [-0.4, -0.2) is 17.5 Å². The third-order valence-corrected chi connectivity index (χ3v) is 2.91. The standard InChI is InChI=1S/C16H22ClNO/c1-2-3-4-5-6-7-11-19-16-12-15(9-8-10-17)13-18-14-16/h12-14H,2-7,10-11H2,1H3. The Morgan fingerprint density at radius 2 is 1.95 bits per heavy atom. The molecule has 0 aliphatic rings. The van der Waals surface area contributed by atoms with E-state index in [-0.39, 0.29) is 0 Å². The van der Waals surface area contributed by atoms with Crippen LogP contribution in [0.2, 0.25) is 0 Å². The summed E-state index contributed by atoms with van der Waals surface area (Å²) >= 11 is 5.52. The molecule has 0 saturated carbocycles. The first-order valence-electron chi connectivity index (χ1n) is 6.99. The Balaban J connectivity index is 2.22. The highest BCUT2D eigenvalue weighted by Gasteiger charge is 1.96. The zero-order chi connectivity index (χ0) is 13.8. The van der Waals surface area contributed by atoms with Crippen molar-refractivity contribution in [2.45, 2.75) is 45.4 Å². The largest absolute Gasteiger partial charge is 0.492 e. The molecule has 1 aromatic rings. The molecule has 3 heteroatoms. The van der Waals surface area contributed by atoms with Crippen LogP contribution in [0.3, 0.4) is 0 Å². The van der Waals surface area contributed by atoms with E-state index in [9.17, 15) is 0 Å². The second-order valence-corrected chi connectivity index (χ2v) is 4.73. The van der Waals surface area contributed by atoms with Crippen molar-refractivity contribution in [1.29, 1.82) is 0 Å². The Kier molecular flexibility index (Phi) is 8.93. The zero-order valence-corrected chi connectivity index (χ0v) is 12.4. The molecule has 0 atom stereocenters. The van der Waals surface area contributed by atoms with Crippen LogP contribution in [0.5, 0.6) is 5.75 Å². The molecule has 0 bridgehead atoms. The summed E-state index contributed by atoms with van der Waals surface area (Å²) in [5.74, 6) is 6.87. The van der Waals surface area contributed by atoms with Gasteiger partial charge in [0, 0.05) is 11.8 Å². The number of hydrogen-bond donors (Lipinski definition) is 0. The van der Waals surface area contributed by atoms with Crippen LogP contribution in [0.4, 0.5) is 0 Å². The second-order valence-electron chi connectivity index (χ2n) is 4.46. The monoisotopic (exact) mass is 279 g/mol. The van der Waals surface area contributed by atoms with Crippen molar-refractivity contribution in [3.63, 3.8) is 0 Å². The first-order chi connectivity index (χ1) is 9.36. The highest BCUT2D eigenvalue weighted by atomic mass is 35.5. The van der Waals surface area contributed by atoms with Crippen molar-refractivity contribution in [2.75, 3.05) is 12.5 Å². The molecule has 0 radical (unpaired) electrons. The van der Waals surface area contributed by atoms with Crippen LogP contribution in [0.1, 0.15) is 51.0 Å². The number of unbranched alkanes of at least 4 members (excludes halogenated alkanes) is 5. The fraction of sp³-hybridized carbons (Fsp3) is 0.562. The van der Waals surface area contributed by atoms with Gasteiger partial charge in [-0.1, -0.05) is 50.9 Å². The van der Waals surface area contributed by atoms with Crippen LogP contribution in [0.25, 0.3) is 0 Å². The van der Waals surface area contributed by atoms with E-state index in [4.69, 9.17) is 16.3 Å². The predicted molar refractivity (Wildman–Crippen MR) is 80.7 cm³/mol. The SMILES string of the molecule is CCCCCCCCOc1cncc(C#CCCl)c1. The van der Waals surface area contributed by atoms with Crippen molar-refractivity contribution < 1.29 is 4.74 Å². The van der Waals surface area contributed by atoms with Gasteiger partial charge in [0.1, 0.15) is 5.75 Å². The van der Waals surface area contributed by atoms with Gasteiger partial charge < -0.3 is 4.74 Å².